The molecular weight excluding hydrogens is 248 g/mol. The molecule has 1 aromatic heterocycles. The van der Waals surface area contributed by atoms with Gasteiger partial charge in [0.1, 0.15) is 18.2 Å². The summed E-state index contributed by atoms with van der Waals surface area (Å²) in [6, 6.07) is 12.2. The number of hydrogen-bond acceptors (Lipinski definition) is 3. The van der Waals surface area contributed by atoms with Crippen molar-refractivity contribution in [3.63, 3.8) is 0 Å². The maximum Gasteiger partial charge on any atom is 0.132 e. The third-order valence-corrected chi connectivity index (χ3v) is 3.22. The maximum atomic E-state index is 5.89. The first-order chi connectivity index (χ1) is 9.50. The highest BCUT2D eigenvalue weighted by Crippen LogP contribution is 2.26. The Labute approximate surface area is 121 Å². The van der Waals surface area contributed by atoms with Crippen molar-refractivity contribution in [2.24, 2.45) is 0 Å². The molecule has 0 saturated carbocycles. The Balaban J connectivity index is 2.11. The van der Waals surface area contributed by atoms with E-state index >= 15 is 0 Å². The zero-order valence-electron chi connectivity index (χ0n) is 12.6. The van der Waals surface area contributed by atoms with E-state index in [9.17, 15) is 0 Å². The minimum absolute atomic E-state index is 0.129. The molecule has 2 aromatic rings. The quantitative estimate of drug-likeness (QED) is 0.911. The van der Waals surface area contributed by atoms with Crippen LogP contribution in [0.4, 0.5) is 5.82 Å². The summed E-state index contributed by atoms with van der Waals surface area (Å²) in [4.78, 5) is 4.28. The Bertz CT molecular complexity index is 573. The lowest BCUT2D eigenvalue weighted by Gasteiger charge is -2.20. The summed E-state index contributed by atoms with van der Waals surface area (Å²) in [5.74, 6) is 1.75. The first-order valence-electron chi connectivity index (χ1n) is 6.85. The van der Waals surface area contributed by atoms with Crippen molar-refractivity contribution in [3.8, 4) is 5.75 Å². The molecular formula is C17H22N2O. The van der Waals surface area contributed by atoms with Gasteiger partial charge in [0.15, 0.2) is 0 Å². The number of benzene rings is 1. The van der Waals surface area contributed by atoms with Gasteiger partial charge in [-0.1, -0.05) is 39.0 Å². The zero-order chi connectivity index (χ0) is 14.6. The molecule has 20 heavy (non-hydrogen) atoms. The van der Waals surface area contributed by atoms with E-state index in [0.717, 1.165) is 17.1 Å². The summed E-state index contributed by atoms with van der Waals surface area (Å²) < 4.78 is 5.89. The van der Waals surface area contributed by atoms with Crippen LogP contribution in [0.1, 0.15) is 31.9 Å². The van der Waals surface area contributed by atoms with Crippen molar-refractivity contribution < 1.29 is 4.74 Å². The van der Waals surface area contributed by atoms with E-state index in [1.54, 1.807) is 6.20 Å². The van der Waals surface area contributed by atoms with Gasteiger partial charge in [0.25, 0.3) is 0 Å². The lowest BCUT2D eigenvalue weighted by Crippen LogP contribution is -2.11. The van der Waals surface area contributed by atoms with Gasteiger partial charge in [0, 0.05) is 18.8 Å². The van der Waals surface area contributed by atoms with Gasteiger partial charge in [-0.25, -0.2) is 4.98 Å². The van der Waals surface area contributed by atoms with Crippen LogP contribution in [0.15, 0.2) is 42.6 Å². The smallest absolute Gasteiger partial charge is 0.132 e. The van der Waals surface area contributed by atoms with Crippen LogP contribution in [-0.4, -0.2) is 12.0 Å². The molecule has 2 rings (SSSR count). The number of nitrogens with zero attached hydrogens (tertiary/aromatic N) is 1. The van der Waals surface area contributed by atoms with Crippen molar-refractivity contribution in [1.29, 1.82) is 0 Å². The maximum absolute atomic E-state index is 5.89. The van der Waals surface area contributed by atoms with Crippen LogP contribution in [0.25, 0.3) is 0 Å². The van der Waals surface area contributed by atoms with Crippen LogP contribution in [0, 0.1) is 0 Å². The summed E-state index contributed by atoms with van der Waals surface area (Å²) in [6.45, 7) is 7.11. The number of aromatic nitrogens is 1. The number of pyridine rings is 1. The standard InChI is InChI=1S/C17H22N2O/c1-17(2,3)14-8-5-9-15(11-14)20-12-13-7-6-10-19-16(13)18-4/h5-11H,12H2,1-4H3,(H,18,19). The Morgan fingerprint density at radius 2 is 1.95 bits per heavy atom. The summed E-state index contributed by atoms with van der Waals surface area (Å²) in [5.41, 5.74) is 2.45. The zero-order valence-corrected chi connectivity index (χ0v) is 12.6. The molecule has 0 amide bonds. The molecule has 0 spiro atoms. The fourth-order valence-corrected chi connectivity index (χ4v) is 1.99. The third kappa shape index (κ3) is 3.50. The van der Waals surface area contributed by atoms with E-state index < -0.39 is 0 Å². The van der Waals surface area contributed by atoms with E-state index in [-0.39, 0.29) is 5.41 Å². The normalized spacial score (nSPS) is 11.2. The van der Waals surface area contributed by atoms with Gasteiger partial charge in [-0.05, 0) is 29.2 Å². The largest absolute Gasteiger partial charge is 0.489 e. The first kappa shape index (κ1) is 14.4. The summed E-state index contributed by atoms with van der Waals surface area (Å²) in [6.07, 6.45) is 1.77. The molecule has 1 aromatic carbocycles. The Kier molecular flexibility index (Phi) is 4.28. The highest BCUT2D eigenvalue weighted by Gasteiger charge is 2.14. The highest BCUT2D eigenvalue weighted by molar-refractivity contribution is 5.43. The average Bonchev–Trinajstić information content (AvgIpc) is 2.45. The summed E-state index contributed by atoms with van der Waals surface area (Å²) >= 11 is 0. The minimum atomic E-state index is 0.129. The van der Waals surface area contributed by atoms with Crippen molar-refractivity contribution in [2.45, 2.75) is 32.8 Å². The van der Waals surface area contributed by atoms with Crippen molar-refractivity contribution in [1.82, 2.24) is 4.98 Å². The second kappa shape index (κ2) is 5.95. The molecule has 0 radical (unpaired) electrons. The predicted octanol–water partition coefficient (Wildman–Crippen LogP) is 4.00. The second-order valence-electron chi connectivity index (χ2n) is 5.83. The predicted molar refractivity (Wildman–Crippen MR) is 83.3 cm³/mol. The van der Waals surface area contributed by atoms with Gasteiger partial charge in [-0.3, -0.25) is 0 Å². The second-order valence-corrected chi connectivity index (χ2v) is 5.83. The first-order valence-corrected chi connectivity index (χ1v) is 6.85. The molecule has 0 aliphatic carbocycles. The average molecular weight is 270 g/mol. The van der Waals surface area contributed by atoms with E-state index in [1.807, 2.05) is 31.3 Å². The minimum Gasteiger partial charge on any atom is -0.489 e. The fraction of sp³-hybridized carbons (Fsp3) is 0.353. The number of rotatable bonds is 4. The molecule has 3 nitrogen and oxygen atoms in total. The van der Waals surface area contributed by atoms with Gasteiger partial charge in [0.2, 0.25) is 0 Å². The molecule has 0 aliphatic heterocycles. The van der Waals surface area contributed by atoms with E-state index in [1.165, 1.54) is 5.56 Å². The molecule has 0 unspecified atom stereocenters. The lowest BCUT2D eigenvalue weighted by atomic mass is 9.87. The fourth-order valence-electron chi connectivity index (χ4n) is 1.99. The molecule has 1 N–H and O–H groups in total. The summed E-state index contributed by atoms with van der Waals surface area (Å²) in [7, 11) is 1.87. The molecule has 0 atom stereocenters. The van der Waals surface area contributed by atoms with Crippen LogP contribution in [0.2, 0.25) is 0 Å². The molecule has 0 saturated heterocycles. The Morgan fingerprint density at radius 3 is 2.65 bits per heavy atom. The van der Waals surface area contributed by atoms with Crippen molar-refractivity contribution >= 4 is 5.82 Å². The van der Waals surface area contributed by atoms with Crippen LogP contribution >= 0.6 is 0 Å². The van der Waals surface area contributed by atoms with Crippen LogP contribution in [0.3, 0.4) is 0 Å². The molecule has 0 fully saturated rings. The number of ether oxygens (including phenoxy) is 1. The number of nitrogens with one attached hydrogen (secondary N) is 1. The van der Waals surface area contributed by atoms with Crippen molar-refractivity contribution in [3.05, 3.63) is 53.7 Å². The van der Waals surface area contributed by atoms with Gasteiger partial charge in [-0.15, -0.1) is 0 Å². The van der Waals surface area contributed by atoms with Gasteiger partial charge >= 0.3 is 0 Å². The van der Waals surface area contributed by atoms with E-state index in [4.69, 9.17) is 4.74 Å². The molecule has 0 bridgehead atoms. The van der Waals surface area contributed by atoms with Gasteiger partial charge in [0.05, 0.1) is 0 Å². The van der Waals surface area contributed by atoms with Crippen LogP contribution in [-0.2, 0) is 12.0 Å². The van der Waals surface area contributed by atoms with Crippen LogP contribution in [0.5, 0.6) is 5.75 Å². The SMILES string of the molecule is CNc1ncccc1COc1cccc(C(C)(C)C)c1. The van der Waals surface area contributed by atoms with Crippen LogP contribution < -0.4 is 10.1 Å². The topological polar surface area (TPSA) is 34.2 Å². The third-order valence-electron chi connectivity index (χ3n) is 3.22. The van der Waals surface area contributed by atoms with E-state index in [0.29, 0.717) is 6.61 Å². The molecule has 1 heterocycles. The number of anilines is 1. The summed E-state index contributed by atoms with van der Waals surface area (Å²) in [5, 5.41) is 3.08. The molecule has 3 heteroatoms. The Hall–Kier alpha value is -2.03. The van der Waals surface area contributed by atoms with Crippen molar-refractivity contribution in [2.75, 3.05) is 12.4 Å². The Morgan fingerprint density at radius 1 is 1.15 bits per heavy atom. The van der Waals surface area contributed by atoms with E-state index in [2.05, 4.69) is 43.2 Å². The monoisotopic (exact) mass is 270 g/mol. The highest BCUT2D eigenvalue weighted by atomic mass is 16.5. The lowest BCUT2D eigenvalue weighted by molar-refractivity contribution is 0.305. The van der Waals surface area contributed by atoms with Gasteiger partial charge in [-0.2, -0.15) is 0 Å². The number of hydrogen-bond donors (Lipinski definition) is 1. The van der Waals surface area contributed by atoms with Gasteiger partial charge < -0.3 is 10.1 Å². The molecule has 106 valence electrons. The molecule has 0 aliphatic rings.